The van der Waals surface area contributed by atoms with E-state index in [9.17, 15) is 8.78 Å². The van der Waals surface area contributed by atoms with E-state index in [2.05, 4.69) is 0 Å². The molecule has 2 aromatic carbocycles. The highest BCUT2D eigenvalue weighted by atomic mass is 19.1. The fourth-order valence-electron chi connectivity index (χ4n) is 1.63. The Bertz CT molecular complexity index is 541. The molecule has 0 saturated carbocycles. The van der Waals surface area contributed by atoms with E-state index in [0.717, 1.165) is 18.2 Å². The first-order chi connectivity index (χ1) is 8.56. The smallest absolute Gasteiger partial charge is 0.512 e. The molecule has 3 nitrogen and oxygen atoms in total. The molecule has 0 radical (unpaired) electrons. The van der Waals surface area contributed by atoms with Crippen molar-refractivity contribution in [2.45, 2.75) is 0 Å². The van der Waals surface area contributed by atoms with Gasteiger partial charge < -0.3 is 14.7 Å². The number of para-hydroxylation sites is 1. The van der Waals surface area contributed by atoms with E-state index in [1.54, 1.807) is 18.2 Å². The SMILES string of the molecule is OB(O)Oc1ccccc1-c1cc(F)cc(F)c1. The van der Waals surface area contributed by atoms with Crippen LogP contribution in [0.2, 0.25) is 0 Å². The van der Waals surface area contributed by atoms with Crippen molar-refractivity contribution < 1.29 is 23.5 Å². The van der Waals surface area contributed by atoms with Gasteiger partial charge in [0.05, 0.1) is 0 Å². The zero-order chi connectivity index (χ0) is 13.1. The van der Waals surface area contributed by atoms with Crippen LogP contribution in [0.25, 0.3) is 11.1 Å². The van der Waals surface area contributed by atoms with Crippen molar-refractivity contribution in [3.05, 3.63) is 54.1 Å². The lowest BCUT2D eigenvalue weighted by atomic mass is 10.0. The van der Waals surface area contributed by atoms with Crippen molar-refractivity contribution >= 4 is 7.32 Å². The molecule has 18 heavy (non-hydrogen) atoms. The molecule has 0 aliphatic carbocycles. The fraction of sp³-hybridized carbons (Fsp3) is 0. The van der Waals surface area contributed by atoms with E-state index in [4.69, 9.17) is 14.7 Å². The van der Waals surface area contributed by atoms with Crippen molar-refractivity contribution in [2.75, 3.05) is 0 Å². The fourth-order valence-corrected chi connectivity index (χ4v) is 1.63. The summed E-state index contributed by atoms with van der Waals surface area (Å²) < 4.78 is 31.0. The van der Waals surface area contributed by atoms with E-state index < -0.39 is 19.0 Å². The van der Waals surface area contributed by atoms with Crippen LogP contribution in [0.4, 0.5) is 8.78 Å². The van der Waals surface area contributed by atoms with Crippen LogP contribution in [0.3, 0.4) is 0 Å². The summed E-state index contributed by atoms with van der Waals surface area (Å²) >= 11 is 0. The lowest BCUT2D eigenvalue weighted by molar-refractivity contribution is 0.288. The lowest BCUT2D eigenvalue weighted by Gasteiger charge is -2.11. The molecular weight excluding hydrogens is 241 g/mol. The zero-order valence-corrected chi connectivity index (χ0v) is 9.18. The Morgan fingerprint density at radius 1 is 0.944 bits per heavy atom. The Morgan fingerprint density at radius 2 is 1.56 bits per heavy atom. The highest BCUT2D eigenvalue weighted by Crippen LogP contribution is 2.30. The molecule has 0 aromatic heterocycles. The molecule has 2 aromatic rings. The van der Waals surface area contributed by atoms with Gasteiger partial charge >= 0.3 is 7.32 Å². The van der Waals surface area contributed by atoms with Crippen LogP contribution >= 0.6 is 0 Å². The van der Waals surface area contributed by atoms with E-state index in [-0.39, 0.29) is 11.3 Å². The maximum absolute atomic E-state index is 13.1. The molecule has 0 amide bonds. The van der Waals surface area contributed by atoms with E-state index in [0.29, 0.717) is 5.56 Å². The van der Waals surface area contributed by atoms with Gasteiger partial charge in [0.15, 0.2) is 0 Å². The summed E-state index contributed by atoms with van der Waals surface area (Å²) in [5, 5.41) is 17.5. The Morgan fingerprint density at radius 3 is 2.17 bits per heavy atom. The van der Waals surface area contributed by atoms with Gasteiger partial charge in [0.2, 0.25) is 0 Å². The average Bonchev–Trinajstić information content (AvgIpc) is 2.27. The molecule has 0 heterocycles. The normalized spacial score (nSPS) is 10.2. The first-order valence-corrected chi connectivity index (χ1v) is 5.14. The summed E-state index contributed by atoms with van der Waals surface area (Å²) in [6.45, 7) is 0. The summed E-state index contributed by atoms with van der Waals surface area (Å²) in [5.41, 5.74) is 0.618. The molecule has 2 N–H and O–H groups in total. The van der Waals surface area contributed by atoms with E-state index in [1.807, 2.05) is 0 Å². The van der Waals surface area contributed by atoms with Crippen LogP contribution in [0.5, 0.6) is 5.75 Å². The van der Waals surface area contributed by atoms with Gasteiger partial charge in [-0.15, -0.1) is 0 Å². The first-order valence-electron chi connectivity index (χ1n) is 5.14. The minimum absolute atomic E-state index is 0.123. The second-order valence-corrected chi connectivity index (χ2v) is 3.60. The summed E-state index contributed by atoms with van der Waals surface area (Å²) in [4.78, 5) is 0. The molecule has 2 rings (SSSR count). The lowest BCUT2D eigenvalue weighted by Crippen LogP contribution is -2.20. The largest absolute Gasteiger partial charge is 0.707 e. The number of rotatable bonds is 3. The van der Waals surface area contributed by atoms with Gasteiger partial charge in [-0.1, -0.05) is 18.2 Å². The molecule has 0 aliphatic heterocycles. The zero-order valence-electron chi connectivity index (χ0n) is 9.18. The van der Waals surface area contributed by atoms with Crippen molar-refractivity contribution in [3.8, 4) is 16.9 Å². The Kier molecular flexibility index (Phi) is 3.59. The summed E-state index contributed by atoms with van der Waals surface area (Å²) in [6.07, 6.45) is 0. The van der Waals surface area contributed by atoms with Gasteiger partial charge in [-0.2, -0.15) is 0 Å². The molecule has 92 valence electrons. The second kappa shape index (κ2) is 5.16. The predicted molar refractivity (Wildman–Crippen MR) is 62.6 cm³/mol. The predicted octanol–water partition coefficient (Wildman–Crippen LogP) is 1.98. The van der Waals surface area contributed by atoms with Crippen LogP contribution in [-0.2, 0) is 0 Å². The summed E-state index contributed by atoms with van der Waals surface area (Å²) in [6, 6.07) is 9.31. The van der Waals surface area contributed by atoms with Gasteiger partial charge in [-0.25, -0.2) is 8.78 Å². The number of benzene rings is 2. The average molecular weight is 250 g/mol. The van der Waals surface area contributed by atoms with Gasteiger partial charge in [-0.05, 0) is 23.8 Å². The highest BCUT2D eigenvalue weighted by Gasteiger charge is 2.15. The molecule has 0 atom stereocenters. The second-order valence-electron chi connectivity index (χ2n) is 3.60. The molecular formula is C12H9BF2O3. The molecule has 0 unspecified atom stereocenters. The van der Waals surface area contributed by atoms with Crippen LogP contribution in [0.1, 0.15) is 0 Å². The Balaban J connectivity index is 2.49. The molecule has 6 heteroatoms. The molecule has 0 aliphatic rings. The minimum atomic E-state index is -2.00. The van der Waals surface area contributed by atoms with Crippen molar-refractivity contribution in [1.29, 1.82) is 0 Å². The van der Waals surface area contributed by atoms with Crippen molar-refractivity contribution in [3.63, 3.8) is 0 Å². The third-order valence-corrected chi connectivity index (χ3v) is 2.29. The molecule has 0 bridgehead atoms. The van der Waals surface area contributed by atoms with Gasteiger partial charge in [-0.3, -0.25) is 0 Å². The van der Waals surface area contributed by atoms with E-state index in [1.165, 1.54) is 6.07 Å². The first kappa shape index (κ1) is 12.5. The Hall–Kier alpha value is -1.92. The van der Waals surface area contributed by atoms with E-state index >= 15 is 0 Å². The molecule has 0 spiro atoms. The maximum atomic E-state index is 13.1. The third kappa shape index (κ3) is 2.85. The van der Waals surface area contributed by atoms with Gasteiger partial charge in [0.1, 0.15) is 17.4 Å². The van der Waals surface area contributed by atoms with Gasteiger partial charge in [0, 0.05) is 11.6 Å². The Labute approximate surface area is 102 Å². The number of hydrogen-bond donors (Lipinski definition) is 2. The summed E-state index contributed by atoms with van der Waals surface area (Å²) in [5.74, 6) is -1.31. The number of hydrogen-bond acceptors (Lipinski definition) is 3. The van der Waals surface area contributed by atoms with Crippen LogP contribution < -0.4 is 4.65 Å². The summed E-state index contributed by atoms with van der Waals surface area (Å²) in [7, 11) is -2.00. The van der Waals surface area contributed by atoms with Gasteiger partial charge in [0.25, 0.3) is 0 Å². The monoisotopic (exact) mass is 250 g/mol. The van der Waals surface area contributed by atoms with Crippen molar-refractivity contribution in [2.24, 2.45) is 0 Å². The third-order valence-electron chi connectivity index (χ3n) is 2.29. The standard InChI is InChI=1S/C12H9BF2O3/c14-9-5-8(6-10(15)7-9)11-3-1-2-4-12(11)18-13(16)17/h1-7,16-17H. The van der Waals surface area contributed by atoms with Crippen molar-refractivity contribution in [1.82, 2.24) is 0 Å². The highest BCUT2D eigenvalue weighted by molar-refractivity contribution is 6.34. The number of halogens is 2. The minimum Gasteiger partial charge on any atom is -0.512 e. The maximum Gasteiger partial charge on any atom is 0.707 e. The topological polar surface area (TPSA) is 49.7 Å². The molecule has 0 saturated heterocycles. The van der Waals surface area contributed by atoms with Crippen LogP contribution in [0.15, 0.2) is 42.5 Å². The quantitative estimate of drug-likeness (QED) is 0.819. The van der Waals surface area contributed by atoms with Crippen LogP contribution in [-0.4, -0.2) is 17.4 Å². The molecule has 0 fully saturated rings. The van der Waals surface area contributed by atoms with Crippen LogP contribution in [0, 0.1) is 11.6 Å².